The Hall–Kier alpha value is 0.759. The molecule has 0 aromatic rings. The van der Waals surface area contributed by atoms with Gasteiger partial charge in [-0.15, -0.1) is 0 Å². The molecule has 86 valence electrons. The molecule has 2 heteroatoms. The maximum atomic E-state index is 5.44. The standard InChI is InChI=1S/C10H22O.2CH3.Sn/c1-3-5-7-9-11-10-8-6-4-2;;;/h3-10H2,1-2H3;2*1H3;. The van der Waals surface area contributed by atoms with Gasteiger partial charge in [-0.25, -0.2) is 0 Å². The molecular formula is C12H28OSn. The second kappa shape index (κ2) is 19.3. The Kier molecular flexibility index (Phi) is 23.7. The van der Waals surface area contributed by atoms with E-state index in [1.165, 1.54) is 38.5 Å². The molecule has 0 rings (SSSR count). The molecule has 0 atom stereocenters. The average molecular weight is 307 g/mol. The number of ether oxygens (including phenoxy) is 1. The molecule has 0 saturated carbocycles. The first-order valence-corrected chi connectivity index (χ1v) is 11.7. The summed E-state index contributed by atoms with van der Waals surface area (Å²) in [5.74, 6) is 0. The van der Waals surface area contributed by atoms with Crippen molar-refractivity contribution >= 4 is 21.1 Å². The minimum atomic E-state index is 0.230. The topological polar surface area (TPSA) is 9.23 Å². The summed E-state index contributed by atoms with van der Waals surface area (Å²) in [5.41, 5.74) is 0. The molecule has 0 heterocycles. The fourth-order valence-corrected chi connectivity index (χ4v) is 1.01. The zero-order valence-electron chi connectivity index (χ0n) is 10.6. The van der Waals surface area contributed by atoms with Gasteiger partial charge in [0.15, 0.2) is 0 Å². The molecule has 0 aliphatic carbocycles. The fraction of sp³-hybridized carbons (Fsp3) is 1.00. The van der Waals surface area contributed by atoms with Crippen LogP contribution in [0.1, 0.15) is 52.4 Å². The van der Waals surface area contributed by atoms with Crippen LogP contribution in [-0.4, -0.2) is 34.4 Å². The quantitative estimate of drug-likeness (QED) is 0.483. The van der Waals surface area contributed by atoms with Gasteiger partial charge in [0.05, 0.1) is 0 Å². The first-order chi connectivity index (χ1) is 6.83. The van der Waals surface area contributed by atoms with E-state index in [0.717, 1.165) is 13.2 Å². The van der Waals surface area contributed by atoms with E-state index >= 15 is 0 Å². The fourth-order valence-electron chi connectivity index (χ4n) is 1.01. The minimum absolute atomic E-state index is 0.230. The predicted molar refractivity (Wildman–Crippen MR) is 67.4 cm³/mol. The first-order valence-electron chi connectivity index (χ1n) is 5.99. The molecule has 0 fully saturated rings. The van der Waals surface area contributed by atoms with Crippen molar-refractivity contribution in [2.24, 2.45) is 0 Å². The van der Waals surface area contributed by atoms with E-state index in [4.69, 9.17) is 4.74 Å². The van der Waals surface area contributed by atoms with Crippen LogP contribution in [-0.2, 0) is 4.74 Å². The van der Waals surface area contributed by atoms with E-state index in [9.17, 15) is 0 Å². The van der Waals surface area contributed by atoms with Crippen LogP contribution in [0.4, 0.5) is 0 Å². The van der Waals surface area contributed by atoms with Crippen molar-refractivity contribution in [2.75, 3.05) is 13.2 Å². The van der Waals surface area contributed by atoms with Crippen LogP contribution in [0.3, 0.4) is 0 Å². The van der Waals surface area contributed by atoms with Crippen LogP contribution in [0.2, 0.25) is 9.88 Å². The SMILES string of the molecule is CCCCCOCCCCC.[CH3][Sn][CH3]. The number of hydrogen-bond acceptors (Lipinski definition) is 1. The molecule has 0 aliphatic heterocycles. The summed E-state index contributed by atoms with van der Waals surface area (Å²) in [4.78, 5) is 4.59. The zero-order chi connectivity index (χ0) is 11.1. The molecule has 0 aromatic heterocycles. The molecule has 0 bridgehead atoms. The van der Waals surface area contributed by atoms with E-state index in [1.54, 1.807) is 0 Å². The number of rotatable bonds is 8. The van der Waals surface area contributed by atoms with Crippen molar-refractivity contribution in [1.29, 1.82) is 0 Å². The van der Waals surface area contributed by atoms with E-state index < -0.39 is 0 Å². The molecular weight excluding hydrogens is 279 g/mol. The van der Waals surface area contributed by atoms with Gasteiger partial charge in [-0.2, -0.15) is 0 Å². The van der Waals surface area contributed by atoms with E-state index in [2.05, 4.69) is 23.7 Å². The second-order valence-corrected chi connectivity index (χ2v) is 6.38. The summed E-state index contributed by atoms with van der Waals surface area (Å²) in [6.45, 7) is 6.38. The Labute approximate surface area is 101 Å². The van der Waals surface area contributed by atoms with Crippen LogP contribution in [0, 0.1) is 0 Å². The van der Waals surface area contributed by atoms with Crippen molar-refractivity contribution in [2.45, 2.75) is 62.3 Å². The maximum absolute atomic E-state index is 5.44. The molecule has 0 unspecified atom stereocenters. The molecule has 14 heavy (non-hydrogen) atoms. The average Bonchev–Trinajstić information content (AvgIpc) is 2.18. The van der Waals surface area contributed by atoms with E-state index in [1.807, 2.05) is 0 Å². The summed E-state index contributed by atoms with van der Waals surface area (Å²) >= 11 is 0.230. The van der Waals surface area contributed by atoms with Crippen LogP contribution >= 0.6 is 0 Å². The Morgan fingerprint density at radius 3 is 1.43 bits per heavy atom. The molecule has 0 N–H and O–H groups in total. The molecule has 0 amide bonds. The Morgan fingerprint density at radius 1 is 0.786 bits per heavy atom. The summed E-state index contributed by atoms with van der Waals surface area (Å²) in [5, 5.41) is 0. The van der Waals surface area contributed by atoms with Crippen molar-refractivity contribution < 1.29 is 4.74 Å². The summed E-state index contributed by atoms with van der Waals surface area (Å²) in [6, 6.07) is 0. The van der Waals surface area contributed by atoms with Crippen molar-refractivity contribution in [3.63, 3.8) is 0 Å². The zero-order valence-corrected chi connectivity index (χ0v) is 13.4. The van der Waals surface area contributed by atoms with Crippen LogP contribution < -0.4 is 0 Å². The van der Waals surface area contributed by atoms with Crippen LogP contribution in [0.25, 0.3) is 0 Å². The molecule has 0 spiro atoms. The van der Waals surface area contributed by atoms with Gasteiger partial charge < -0.3 is 4.74 Å². The van der Waals surface area contributed by atoms with Gasteiger partial charge in [-0.1, -0.05) is 39.5 Å². The van der Waals surface area contributed by atoms with E-state index in [-0.39, 0.29) is 21.1 Å². The molecule has 1 nitrogen and oxygen atoms in total. The number of hydrogen-bond donors (Lipinski definition) is 0. The Bertz CT molecular complexity index is 68.7. The van der Waals surface area contributed by atoms with Gasteiger partial charge in [0, 0.05) is 13.2 Å². The molecule has 0 saturated heterocycles. The van der Waals surface area contributed by atoms with Crippen molar-refractivity contribution in [3.8, 4) is 0 Å². The number of unbranched alkanes of at least 4 members (excludes halogenated alkanes) is 4. The molecule has 0 aromatic carbocycles. The summed E-state index contributed by atoms with van der Waals surface area (Å²) < 4.78 is 5.44. The predicted octanol–water partition coefficient (Wildman–Crippen LogP) is 4.17. The van der Waals surface area contributed by atoms with Gasteiger partial charge >= 0.3 is 31.0 Å². The van der Waals surface area contributed by atoms with Crippen LogP contribution in [0.15, 0.2) is 0 Å². The summed E-state index contributed by atoms with van der Waals surface area (Å²) in [7, 11) is 0. The van der Waals surface area contributed by atoms with Crippen LogP contribution in [0.5, 0.6) is 0 Å². The van der Waals surface area contributed by atoms with Crippen molar-refractivity contribution in [1.82, 2.24) is 0 Å². The molecule has 0 aliphatic rings. The third-order valence-corrected chi connectivity index (χ3v) is 1.78. The second-order valence-electron chi connectivity index (χ2n) is 3.53. The summed E-state index contributed by atoms with van der Waals surface area (Å²) in [6.07, 6.45) is 7.68. The van der Waals surface area contributed by atoms with Gasteiger partial charge in [0.25, 0.3) is 0 Å². The Balaban J connectivity index is 0. The van der Waals surface area contributed by atoms with Gasteiger partial charge in [-0.05, 0) is 12.8 Å². The Morgan fingerprint density at radius 2 is 1.14 bits per heavy atom. The molecule has 2 radical (unpaired) electrons. The van der Waals surface area contributed by atoms with Gasteiger partial charge in [0.2, 0.25) is 0 Å². The normalized spacial score (nSPS) is 9.43. The van der Waals surface area contributed by atoms with E-state index in [0.29, 0.717) is 0 Å². The van der Waals surface area contributed by atoms with Crippen molar-refractivity contribution in [3.05, 3.63) is 0 Å². The third-order valence-electron chi connectivity index (χ3n) is 1.78. The van der Waals surface area contributed by atoms with Gasteiger partial charge in [-0.3, -0.25) is 0 Å². The first kappa shape index (κ1) is 17.2. The van der Waals surface area contributed by atoms with Gasteiger partial charge in [0.1, 0.15) is 0 Å². The monoisotopic (exact) mass is 308 g/mol. The third kappa shape index (κ3) is 23.0.